The summed E-state index contributed by atoms with van der Waals surface area (Å²) in [5.74, 6) is 1.41. The number of morpholine rings is 2. The van der Waals surface area contributed by atoms with Crippen LogP contribution in [0.3, 0.4) is 0 Å². The summed E-state index contributed by atoms with van der Waals surface area (Å²) in [6, 6.07) is 9.72. The van der Waals surface area contributed by atoms with Crippen LogP contribution in [0, 0.1) is 0 Å². The SMILES string of the molecule is Oc1ccc(N=Nc2ccc(Cl)cc2Cl)cc1/C=N\Nc1nc(N2CCOCC2)nc(N2CCOCC2)n1. The second-order valence-electron chi connectivity index (χ2n) is 8.37. The van der Waals surface area contributed by atoms with E-state index in [1.807, 2.05) is 0 Å². The first-order valence-electron chi connectivity index (χ1n) is 12.0. The van der Waals surface area contributed by atoms with Crippen LogP contribution >= 0.6 is 23.2 Å². The number of hydrazone groups is 1. The van der Waals surface area contributed by atoms with Crippen molar-refractivity contribution >= 4 is 58.6 Å². The van der Waals surface area contributed by atoms with E-state index in [-0.39, 0.29) is 11.7 Å². The van der Waals surface area contributed by atoms with Crippen LogP contribution in [0.25, 0.3) is 0 Å². The maximum atomic E-state index is 10.3. The second-order valence-corrected chi connectivity index (χ2v) is 9.21. The maximum Gasteiger partial charge on any atom is 0.250 e. The Morgan fingerprint density at radius 2 is 1.50 bits per heavy atom. The van der Waals surface area contributed by atoms with Gasteiger partial charge in [-0.25, -0.2) is 5.43 Å². The van der Waals surface area contributed by atoms with Crippen molar-refractivity contribution < 1.29 is 14.6 Å². The zero-order chi connectivity index (χ0) is 26.3. The van der Waals surface area contributed by atoms with Crippen molar-refractivity contribution in [2.45, 2.75) is 0 Å². The van der Waals surface area contributed by atoms with Gasteiger partial charge in [0.15, 0.2) is 0 Å². The van der Waals surface area contributed by atoms with Gasteiger partial charge in [-0.1, -0.05) is 23.2 Å². The minimum Gasteiger partial charge on any atom is -0.507 e. The highest BCUT2D eigenvalue weighted by molar-refractivity contribution is 6.36. The van der Waals surface area contributed by atoms with Crippen molar-refractivity contribution in [2.24, 2.45) is 15.3 Å². The van der Waals surface area contributed by atoms with Crippen LogP contribution in [-0.4, -0.2) is 78.9 Å². The summed E-state index contributed by atoms with van der Waals surface area (Å²) in [5.41, 5.74) is 4.26. The van der Waals surface area contributed by atoms with E-state index in [4.69, 9.17) is 32.7 Å². The number of azo groups is 1. The monoisotopic (exact) mass is 557 g/mol. The van der Waals surface area contributed by atoms with Crippen LogP contribution in [0.2, 0.25) is 10.0 Å². The fourth-order valence-corrected chi connectivity index (χ4v) is 4.20. The molecule has 0 radical (unpaired) electrons. The number of rotatable bonds is 7. The van der Waals surface area contributed by atoms with Crippen LogP contribution in [0.15, 0.2) is 51.7 Å². The summed E-state index contributed by atoms with van der Waals surface area (Å²) in [6.45, 7) is 5.18. The van der Waals surface area contributed by atoms with Crippen LogP contribution in [0.1, 0.15) is 5.56 Å². The summed E-state index contributed by atoms with van der Waals surface area (Å²) in [6.07, 6.45) is 1.45. The maximum absolute atomic E-state index is 10.3. The van der Waals surface area contributed by atoms with Crippen molar-refractivity contribution in [3.63, 3.8) is 0 Å². The van der Waals surface area contributed by atoms with Gasteiger partial charge in [-0.15, -0.1) is 5.11 Å². The first kappa shape index (κ1) is 26.0. The Labute approximate surface area is 228 Å². The quantitative estimate of drug-likeness (QED) is 0.246. The highest BCUT2D eigenvalue weighted by Crippen LogP contribution is 2.30. The van der Waals surface area contributed by atoms with Gasteiger partial charge in [-0.3, -0.25) is 0 Å². The number of hydrogen-bond acceptors (Lipinski definition) is 12. The third-order valence-electron chi connectivity index (χ3n) is 5.76. The topological polar surface area (TPSA) is 133 Å². The van der Waals surface area contributed by atoms with Gasteiger partial charge in [-0.2, -0.15) is 25.2 Å². The molecule has 0 spiro atoms. The molecule has 0 unspecified atom stereocenters. The molecule has 0 aliphatic carbocycles. The Bertz CT molecular complexity index is 1290. The smallest absolute Gasteiger partial charge is 0.250 e. The minimum atomic E-state index is 0.0256. The molecule has 2 aliphatic heterocycles. The van der Waals surface area contributed by atoms with Crippen LogP contribution in [0.5, 0.6) is 5.75 Å². The van der Waals surface area contributed by atoms with Crippen LogP contribution in [-0.2, 0) is 9.47 Å². The van der Waals surface area contributed by atoms with Gasteiger partial charge in [-0.05, 0) is 36.4 Å². The van der Waals surface area contributed by atoms with Crippen LogP contribution < -0.4 is 15.2 Å². The molecule has 2 N–H and O–H groups in total. The zero-order valence-corrected chi connectivity index (χ0v) is 21.8. The second kappa shape index (κ2) is 12.3. The molecule has 0 atom stereocenters. The van der Waals surface area contributed by atoms with E-state index in [1.54, 1.807) is 30.3 Å². The summed E-state index contributed by atoms with van der Waals surface area (Å²) in [7, 11) is 0. The fourth-order valence-electron chi connectivity index (χ4n) is 3.75. The molecule has 0 saturated carbocycles. The van der Waals surface area contributed by atoms with Crippen molar-refractivity contribution in [3.8, 4) is 5.75 Å². The van der Waals surface area contributed by atoms with Gasteiger partial charge in [0.05, 0.1) is 43.4 Å². The summed E-state index contributed by atoms with van der Waals surface area (Å²) in [5, 5.41) is 23.8. The number of ether oxygens (including phenoxy) is 2. The van der Waals surface area contributed by atoms with Crippen molar-refractivity contribution in [1.29, 1.82) is 0 Å². The number of halogens is 2. The Morgan fingerprint density at radius 1 is 0.842 bits per heavy atom. The molecular weight excluding hydrogens is 533 g/mol. The predicted molar refractivity (Wildman–Crippen MR) is 146 cm³/mol. The average molecular weight is 558 g/mol. The van der Waals surface area contributed by atoms with Gasteiger partial charge in [0, 0.05) is 36.8 Å². The number of aromatic hydroxyl groups is 1. The van der Waals surface area contributed by atoms with Gasteiger partial charge in [0.2, 0.25) is 17.8 Å². The first-order chi connectivity index (χ1) is 18.5. The fraction of sp³-hybridized carbons (Fsp3) is 0.333. The van der Waals surface area contributed by atoms with Gasteiger partial charge >= 0.3 is 0 Å². The average Bonchev–Trinajstić information content (AvgIpc) is 2.95. The highest BCUT2D eigenvalue weighted by atomic mass is 35.5. The van der Waals surface area contributed by atoms with E-state index in [9.17, 15) is 5.11 Å². The number of nitrogens with one attached hydrogen (secondary N) is 1. The van der Waals surface area contributed by atoms with Crippen LogP contribution in [0.4, 0.5) is 29.2 Å². The summed E-state index contributed by atoms with van der Waals surface area (Å²) in [4.78, 5) is 17.9. The third-order valence-corrected chi connectivity index (χ3v) is 6.30. The Kier molecular flexibility index (Phi) is 8.44. The Balaban J connectivity index is 1.34. The molecule has 2 fully saturated rings. The Morgan fingerprint density at radius 3 is 2.13 bits per heavy atom. The zero-order valence-electron chi connectivity index (χ0n) is 20.3. The largest absolute Gasteiger partial charge is 0.507 e. The standard InChI is InChI=1S/C24H25Cl2N9O3/c25-17-1-3-20(19(26)14-17)32-31-18-2-4-21(36)16(13-18)15-27-33-22-28-23(34-5-9-37-10-6-34)30-24(29-22)35-7-11-38-12-8-35/h1-4,13-15,36H,5-12H2,(H,28,29,30,33)/b27-15-,32-31?. The lowest BCUT2D eigenvalue weighted by molar-refractivity contribution is 0.121. The van der Waals surface area contributed by atoms with Gasteiger partial charge in [0.1, 0.15) is 11.4 Å². The number of anilines is 3. The molecule has 5 rings (SSSR count). The normalized spacial score (nSPS) is 16.5. The lowest BCUT2D eigenvalue weighted by Gasteiger charge is -2.30. The predicted octanol–water partition coefficient (Wildman–Crippen LogP) is 4.42. The lowest BCUT2D eigenvalue weighted by Crippen LogP contribution is -2.40. The van der Waals surface area contributed by atoms with E-state index >= 15 is 0 Å². The van der Waals surface area contributed by atoms with Crippen molar-refractivity contribution in [1.82, 2.24) is 15.0 Å². The molecule has 12 nitrogen and oxygen atoms in total. The first-order valence-corrected chi connectivity index (χ1v) is 12.7. The minimum absolute atomic E-state index is 0.0256. The molecule has 2 saturated heterocycles. The van der Waals surface area contributed by atoms with Crippen molar-refractivity contribution in [2.75, 3.05) is 67.8 Å². The van der Waals surface area contributed by atoms with Gasteiger partial charge < -0.3 is 24.4 Å². The number of aromatic nitrogens is 3. The van der Waals surface area contributed by atoms with E-state index in [2.05, 4.69) is 45.5 Å². The number of hydrogen-bond donors (Lipinski definition) is 2. The number of nitrogens with zero attached hydrogens (tertiary/aromatic N) is 8. The summed E-state index contributed by atoms with van der Waals surface area (Å²) >= 11 is 12.1. The molecule has 198 valence electrons. The number of phenolic OH excluding ortho intramolecular Hbond substituents is 1. The lowest BCUT2D eigenvalue weighted by atomic mass is 10.2. The number of benzene rings is 2. The van der Waals surface area contributed by atoms with E-state index in [0.29, 0.717) is 91.5 Å². The highest BCUT2D eigenvalue weighted by Gasteiger charge is 2.20. The van der Waals surface area contributed by atoms with Gasteiger partial charge in [0.25, 0.3) is 0 Å². The molecule has 3 aromatic rings. The van der Waals surface area contributed by atoms with E-state index in [0.717, 1.165) is 0 Å². The summed E-state index contributed by atoms with van der Waals surface area (Å²) < 4.78 is 10.9. The molecule has 3 heterocycles. The van der Waals surface area contributed by atoms with E-state index in [1.165, 1.54) is 12.3 Å². The molecule has 2 aliphatic rings. The Hall–Kier alpha value is -3.58. The van der Waals surface area contributed by atoms with Crippen molar-refractivity contribution in [3.05, 3.63) is 52.0 Å². The molecule has 1 aromatic heterocycles. The van der Waals surface area contributed by atoms with E-state index < -0.39 is 0 Å². The molecular formula is C24H25Cl2N9O3. The third kappa shape index (κ3) is 6.64. The molecule has 2 aromatic carbocycles. The molecule has 0 bridgehead atoms. The molecule has 0 amide bonds. The number of phenols is 1. The molecule has 14 heteroatoms. The molecule has 38 heavy (non-hydrogen) atoms.